The third kappa shape index (κ3) is 2.06. The number of rotatable bonds is 3. The van der Waals surface area contributed by atoms with E-state index in [1.807, 2.05) is 30.3 Å². The van der Waals surface area contributed by atoms with E-state index in [2.05, 4.69) is 5.16 Å². The summed E-state index contributed by atoms with van der Waals surface area (Å²) in [5.74, 6) is 0.274. The largest absolute Gasteiger partial charge is 0.393 e. The number of benzene rings is 1. The maximum Gasteiger partial charge on any atom is 0.168 e. The lowest BCUT2D eigenvalue weighted by atomic mass is 10.1. The van der Waals surface area contributed by atoms with Gasteiger partial charge in [-0.1, -0.05) is 35.5 Å². The van der Waals surface area contributed by atoms with Gasteiger partial charge in [-0.05, 0) is 0 Å². The highest BCUT2D eigenvalue weighted by Crippen LogP contribution is 2.21. The molecule has 0 aliphatic carbocycles. The normalized spacial score (nSPS) is 12.7. The Hall–Kier alpha value is -1.65. The Balaban J connectivity index is 2.28. The Morgan fingerprint density at radius 3 is 2.67 bits per heavy atom. The summed E-state index contributed by atoms with van der Waals surface area (Å²) in [6.07, 6.45) is -1.00. The zero-order valence-corrected chi connectivity index (χ0v) is 8.00. The number of hydrogen-bond acceptors (Lipinski definition) is 4. The smallest absolute Gasteiger partial charge is 0.168 e. The third-order valence-corrected chi connectivity index (χ3v) is 2.10. The maximum atomic E-state index is 9.31. The SMILES string of the molecule is OC[C@@H](O)c1cc(-c2ccccc2)no1. The van der Waals surface area contributed by atoms with Gasteiger partial charge in [-0.2, -0.15) is 0 Å². The van der Waals surface area contributed by atoms with E-state index in [0.717, 1.165) is 5.56 Å². The Labute approximate surface area is 86.8 Å². The van der Waals surface area contributed by atoms with Gasteiger partial charge in [0.2, 0.25) is 0 Å². The first-order valence-corrected chi connectivity index (χ1v) is 4.62. The van der Waals surface area contributed by atoms with E-state index in [1.165, 1.54) is 0 Å². The van der Waals surface area contributed by atoms with Crippen molar-refractivity contribution in [1.82, 2.24) is 5.16 Å². The molecule has 0 amide bonds. The average Bonchev–Trinajstić information content (AvgIpc) is 2.78. The molecule has 0 radical (unpaired) electrons. The van der Waals surface area contributed by atoms with Crippen molar-refractivity contribution < 1.29 is 14.7 Å². The van der Waals surface area contributed by atoms with E-state index in [-0.39, 0.29) is 12.4 Å². The van der Waals surface area contributed by atoms with E-state index in [0.29, 0.717) is 5.69 Å². The summed E-state index contributed by atoms with van der Waals surface area (Å²) in [5, 5.41) is 21.8. The molecule has 1 atom stereocenters. The molecular formula is C11H11NO3. The molecule has 0 aliphatic heterocycles. The Kier molecular flexibility index (Phi) is 2.80. The van der Waals surface area contributed by atoms with Gasteiger partial charge in [0.15, 0.2) is 5.76 Å². The summed E-state index contributed by atoms with van der Waals surface area (Å²) >= 11 is 0. The molecule has 0 spiro atoms. The summed E-state index contributed by atoms with van der Waals surface area (Å²) in [6, 6.07) is 11.1. The Bertz CT molecular complexity index is 424. The molecule has 0 aliphatic rings. The molecule has 1 aromatic carbocycles. The number of hydrogen-bond donors (Lipinski definition) is 2. The monoisotopic (exact) mass is 205 g/mol. The van der Waals surface area contributed by atoms with Gasteiger partial charge in [-0.15, -0.1) is 0 Å². The van der Waals surface area contributed by atoms with E-state index >= 15 is 0 Å². The summed E-state index contributed by atoms with van der Waals surface area (Å²) in [4.78, 5) is 0. The lowest BCUT2D eigenvalue weighted by Crippen LogP contribution is -2.00. The first kappa shape index (κ1) is 9.89. The van der Waals surface area contributed by atoms with Gasteiger partial charge >= 0.3 is 0 Å². The van der Waals surface area contributed by atoms with Crippen LogP contribution in [0.5, 0.6) is 0 Å². The minimum absolute atomic E-state index is 0.274. The van der Waals surface area contributed by atoms with Crippen molar-refractivity contribution in [2.24, 2.45) is 0 Å². The van der Waals surface area contributed by atoms with Gasteiger partial charge in [0.1, 0.15) is 11.8 Å². The van der Waals surface area contributed by atoms with Crippen molar-refractivity contribution in [1.29, 1.82) is 0 Å². The molecule has 4 heteroatoms. The van der Waals surface area contributed by atoms with Gasteiger partial charge in [-0.25, -0.2) is 0 Å². The molecule has 0 saturated carbocycles. The predicted octanol–water partition coefficient (Wildman–Crippen LogP) is 1.37. The highest BCUT2D eigenvalue weighted by Gasteiger charge is 2.13. The van der Waals surface area contributed by atoms with Gasteiger partial charge in [0.25, 0.3) is 0 Å². The first-order valence-electron chi connectivity index (χ1n) is 4.62. The lowest BCUT2D eigenvalue weighted by molar-refractivity contribution is 0.0721. The van der Waals surface area contributed by atoms with Crippen LogP contribution < -0.4 is 0 Å². The second-order valence-electron chi connectivity index (χ2n) is 3.18. The summed E-state index contributed by atoms with van der Waals surface area (Å²) in [5.41, 5.74) is 1.57. The second-order valence-corrected chi connectivity index (χ2v) is 3.18. The van der Waals surface area contributed by atoms with Crippen molar-refractivity contribution in [2.45, 2.75) is 6.10 Å². The molecule has 4 nitrogen and oxygen atoms in total. The fourth-order valence-corrected chi connectivity index (χ4v) is 1.28. The summed E-state index contributed by atoms with van der Waals surface area (Å²) in [7, 11) is 0. The molecule has 0 saturated heterocycles. The van der Waals surface area contributed by atoms with Gasteiger partial charge in [0, 0.05) is 11.6 Å². The van der Waals surface area contributed by atoms with Crippen LogP contribution in [0, 0.1) is 0 Å². The van der Waals surface area contributed by atoms with Crippen LogP contribution in [0.4, 0.5) is 0 Å². The molecule has 78 valence electrons. The van der Waals surface area contributed by atoms with Crippen molar-refractivity contribution in [3.05, 3.63) is 42.2 Å². The fraction of sp³-hybridized carbons (Fsp3) is 0.182. The summed E-state index contributed by atoms with van der Waals surface area (Å²) < 4.78 is 4.91. The highest BCUT2D eigenvalue weighted by atomic mass is 16.5. The lowest BCUT2D eigenvalue weighted by Gasteiger charge is -1.98. The van der Waals surface area contributed by atoms with Crippen LogP contribution in [0.25, 0.3) is 11.3 Å². The number of nitrogens with zero attached hydrogens (tertiary/aromatic N) is 1. The minimum atomic E-state index is -1.00. The molecule has 1 aromatic heterocycles. The van der Waals surface area contributed by atoms with Crippen LogP contribution in [-0.4, -0.2) is 22.0 Å². The van der Waals surface area contributed by atoms with Crippen LogP contribution in [0.2, 0.25) is 0 Å². The minimum Gasteiger partial charge on any atom is -0.393 e. The van der Waals surface area contributed by atoms with E-state index in [1.54, 1.807) is 6.07 Å². The van der Waals surface area contributed by atoms with Gasteiger partial charge in [-0.3, -0.25) is 0 Å². The van der Waals surface area contributed by atoms with E-state index in [4.69, 9.17) is 9.63 Å². The first-order chi connectivity index (χ1) is 7.31. The molecule has 15 heavy (non-hydrogen) atoms. The standard InChI is InChI=1S/C11H11NO3/c13-7-10(14)11-6-9(12-15-11)8-4-2-1-3-5-8/h1-6,10,13-14H,7H2/t10-/m1/s1. The molecule has 0 unspecified atom stereocenters. The van der Waals surface area contributed by atoms with Crippen LogP contribution >= 0.6 is 0 Å². The topological polar surface area (TPSA) is 66.5 Å². The van der Waals surface area contributed by atoms with E-state index in [9.17, 15) is 5.11 Å². The highest BCUT2D eigenvalue weighted by molar-refractivity contribution is 5.58. The maximum absolute atomic E-state index is 9.31. The third-order valence-electron chi connectivity index (χ3n) is 2.10. The molecule has 0 fully saturated rings. The number of aliphatic hydroxyl groups is 2. The van der Waals surface area contributed by atoms with Crippen LogP contribution in [0.15, 0.2) is 40.9 Å². The Morgan fingerprint density at radius 1 is 1.27 bits per heavy atom. The quantitative estimate of drug-likeness (QED) is 0.794. The molecule has 2 aromatic rings. The zero-order valence-electron chi connectivity index (χ0n) is 8.00. The molecule has 2 N–H and O–H groups in total. The van der Waals surface area contributed by atoms with E-state index < -0.39 is 6.10 Å². The second kappa shape index (κ2) is 4.25. The van der Waals surface area contributed by atoms with Crippen molar-refractivity contribution in [3.63, 3.8) is 0 Å². The van der Waals surface area contributed by atoms with Crippen LogP contribution in [0.3, 0.4) is 0 Å². The average molecular weight is 205 g/mol. The van der Waals surface area contributed by atoms with Crippen LogP contribution in [0.1, 0.15) is 11.9 Å². The summed E-state index contributed by atoms with van der Waals surface area (Å²) in [6.45, 7) is -0.372. The molecule has 0 bridgehead atoms. The van der Waals surface area contributed by atoms with Gasteiger partial charge < -0.3 is 14.7 Å². The van der Waals surface area contributed by atoms with Crippen LogP contribution in [-0.2, 0) is 0 Å². The predicted molar refractivity (Wildman–Crippen MR) is 54.0 cm³/mol. The molecule has 2 rings (SSSR count). The molecule has 1 heterocycles. The van der Waals surface area contributed by atoms with Crippen molar-refractivity contribution >= 4 is 0 Å². The molecular weight excluding hydrogens is 194 g/mol. The van der Waals surface area contributed by atoms with Crippen molar-refractivity contribution in [2.75, 3.05) is 6.61 Å². The number of aromatic nitrogens is 1. The zero-order chi connectivity index (χ0) is 10.7. The number of aliphatic hydroxyl groups excluding tert-OH is 2. The van der Waals surface area contributed by atoms with Gasteiger partial charge in [0.05, 0.1) is 6.61 Å². The fourth-order valence-electron chi connectivity index (χ4n) is 1.28. The Morgan fingerprint density at radius 2 is 2.00 bits per heavy atom. The van der Waals surface area contributed by atoms with Crippen molar-refractivity contribution in [3.8, 4) is 11.3 Å².